The van der Waals surface area contributed by atoms with Gasteiger partial charge in [-0.05, 0) is 23.8 Å². The average Bonchev–Trinajstić information content (AvgIpc) is 3.42. The number of rotatable bonds is 8. The Morgan fingerprint density at radius 3 is 2.24 bits per heavy atom. The molecule has 0 spiro atoms. The van der Waals surface area contributed by atoms with Crippen LogP contribution in [-0.2, 0) is 20.8 Å². The number of carboxylic acid groups (broad SMARTS) is 1. The van der Waals surface area contributed by atoms with Gasteiger partial charge in [-0.2, -0.15) is 0 Å². The maximum atomic E-state index is 14.1. The van der Waals surface area contributed by atoms with Crippen molar-refractivity contribution < 1.29 is 33.7 Å². The van der Waals surface area contributed by atoms with Gasteiger partial charge in [-0.15, -0.1) is 0 Å². The van der Waals surface area contributed by atoms with Crippen molar-refractivity contribution in [2.75, 3.05) is 26.2 Å². The van der Waals surface area contributed by atoms with Crippen LogP contribution in [0.15, 0.2) is 72.8 Å². The Hall–Kier alpha value is -4.37. The number of carbonyl (C=O) groups is 3. The summed E-state index contributed by atoms with van der Waals surface area (Å²) in [4.78, 5) is 42.4. The molecule has 0 unspecified atom stereocenters. The number of benzene rings is 3. The minimum Gasteiger partial charge on any atom is -0.497 e. The minimum atomic E-state index is -1.76. The van der Waals surface area contributed by atoms with Gasteiger partial charge in [0.15, 0.2) is 0 Å². The number of nitrogens with one attached hydrogen (secondary N) is 1. The lowest BCUT2D eigenvalue weighted by Crippen LogP contribution is -2.57. The van der Waals surface area contributed by atoms with E-state index >= 15 is 0 Å². The summed E-state index contributed by atoms with van der Waals surface area (Å²) in [5, 5.41) is 13.9. The van der Waals surface area contributed by atoms with E-state index in [-0.39, 0.29) is 12.1 Å². The molecule has 2 amide bonds. The van der Waals surface area contributed by atoms with Crippen LogP contribution in [0.25, 0.3) is 0 Å². The summed E-state index contributed by atoms with van der Waals surface area (Å²) in [6.07, 6.45) is -0.00189. The number of carboxylic acids is 1. The summed E-state index contributed by atoms with van der Waals surface area (Å²) >= 11 is 0. The van der Waals surface area contributed by atoms with Gasteiger partial charge in [0.2, 0.25) is 11.8 Å². The molecule has 2 N–H and O–H groups in total. The highest BCUT2D eigenvalue weighted by Gasteiger charge is 2.69. The predicted molar refractivity (Wildman–Crippen MR) is 138 cm³/mol. The molecule has 2 fully saturated rings. The highest BCUT2D eigenvalue weighted by atomic mass is 16.5. The summed E-state index contributed by atoms with van der Waals surface area (Å²) in [5.74, 6) is -3.21. The van der Waals surface area contributed by atoms with Gasteiger partial charge in [0.1, 0.15) is 22.8 Å². The van der Waals surface area contributed by atoms with E-state index in [2.05, 4.69) is 5.32 Å². The van der Waals surface area contributed by atoms with Crippen LogP contribution >= 0.6 is 0 Å². The third-order valence-electron chi connectivity index (χ3n) is 7.46. The molecule has 2 saturated heterocycles. The summed E-state index contributed by atoms with van der Waals surface area (Å²) in [7, 11) is 4.47. The molecule has 3 aromatic rings. The van der Waals surface area contributed by atoms with Gasteiger partial charge in [0, 0.05) is 24.1 Å². The smallest absolute Gasteiger partial charge is 0.325 e. The van der Waals surface area contributed by atoms with E-state index in [1.54, 1.807) is 42.5 Å². The van der Waals surface area contributed by atoms with Gasteiger partial charge in [-0.25, -0.2) is 4.90 Å². The molecule has 5 rings (SSSR count). The van der Waals surface area contributed by atoms with Crippen LogP contribution in [0.1, 0.15) is 17.2 Å². The van der Waals surface area contributed by atoms with Crippen molar-refractivity contribution in [2.24, 2.45) is 11.8 Å². The standard InChI is InChI=1S/C29H28N2O7/c1-36-18-13-14-19(22(15-18)38-3)25-23-24(29(30-25,28(34)35)16-17-9-5-4-6-10-17)27(33)31(26(23)32)20-11-7-8-12-21(20)37-2/h4-15,23-25,30H,16H2,1-3H3,(H,34,35)/t23-,24-,25+,29+/m1/s1. The first-order chi connectivity index (χ1) is 18.4. The number of methoxy groups -OCH3 is 3. The summed E-state index contributed by atoms with van der Waals surface area (Å²) in [5.41, 5.74) is -0.202. The third kappa shape index (κ3) is 3.86. The number of nitrogens with zero attached hydrogens (tertiary/aromatic N) is 1. The third-order valence-corrected chi connectivity index (χ3v) is 7.46. The second-order valence-corrected chi connectivity index (χ2v) is 9.36. The number of imide groups is 1. The first-order valence-corrected chi connectivity index (χ1v) is 12.1. The van der Waals surface area contributed by atoms with Crippen LogP contribution in [0.3, 0.4) is 0 Å². The molecular formula is C29H28N2O7. The van der Waals surface area contributed by atoms with Gasteiger partial charge in [-0.1, -0.05) is 48.5 Å². The van der Waals surface area contributed by atoms with Crippen LogP contribution in [0.2, 0.25) is 0 Å². The van der Waals surface area contributed by atoms with Crippen molar-refractivity contribution in [3.8, 4) is 17.2 Å². The summed E-state index contributed by atoms with van der Waals surface area (Å²) in [6, 6.07) is 20.1. The Kier molecular flexibility index (Phi) is 6.54. The molecule has 2 aliphatic rings. The van der Waals surface area contributed by atoms with Crippen molar-refractivity contribution in [1.29, 1.82) is 0 Å². The van der Waals surface area contributed by atoms with Crippen molar-refractivity contribution in [3.63, 3.8) is 0 Å². The molecule has 0 aromatic heterocycles. The van der Waals surface area contributed by atoms with Gasteiger partial charge in [0.25, 0.3) is 0 Å². The predicted octanol–water partition coefficient (Wildman–Crippen LogP) is 3.23. The molecule has 196 valence electrons. The maximum Gasteiger partial charge on any atom is 0.325 e. The fraction of sp³-hybridized carbons (Fsp3) is 0.276. The topological polar surface area (TPSA) is 114 Å². The van der Waals surface area contributed by atoms with Gasteiger partial charge in [0.05, 0.1) is 38.9 Å². The second-order valence-electron chi connectivity index (χ2n) is 9.36. The molecule has 9 heteroatoms. The summed E-state index contributed by atoms with van der Waals surface area (Å²) < 4.78 is 16.4. The number of hydrogen-bond acceptors (Lipinski definition) is 7. The molecule has 3 aromatic carbocycles. The Morgan fingerprint density at radius 1 is 0.895 bits per heavy atom. The Balaban J connectivity index is 1.70. The number of anilines is 1. The number of para-hydroxylation sites is 2. The minimum absolute atomic E-state index is 0.00189. The van der Waals surface area contributed by atoms with Crippen molar-refractivity contribution in [1.82, 2.24) is 5.32 Å². The highest BCUT2D eigenvalue weighted by molar-refractivity contribution is 6.25. The molecule has 2 heterocycles. The van der Waals surface area contributed by atoms with Crippen LogP contribution in [0.4, 0.5) is 5.69 Å². The molecule has 0 saturated carbocycles. The molecule has 2 aliphatic heterocycles. The molecule has 9 nitrogen and oxygen atoms in total. The number of carbonyl (C=O) groups excluding carboxylic acids is 2. The van der Waals surface area contributed by atoms with E-state index in [0.717, 1.165) is 10.5 Å². The van der Waals surface area contributed by atoms with Crippen molar-refractivity contribution >= 4 is 23.5 Å². The molecule has 4 atom stereocenters. The first kappa shape index (κ1) is 25.3. The normalized spacial score (nSPS) is 24.3. The molecule has 0 radical (unpaired) electrons. The SMILES string of the molecule is COc1ccc([C@@H]2N[C@](Cc3ccccc3)(C(=O)O)[C@H]3C(=O)N(c4ccccc4OC)C(=O)[C@@H]23)c(OC)c1. The van der Waals surface area contributed by atoms with Crippen LogP contribution < -0.4 is 24.4 Å². The number of ether oxygens (including phenoxy) is 3. The molecule has 0 bridgehead atoms. The maximum absolute atomic E-state index is 14.1. The number of aliphatic carboxylic acids is 1. The van der Waals surface area contributed by atoms with E-state index in [1.165, 1.54) is 21.3 Å². The zero-order valence-corrected chi connectivity index (χ0v) is 21.2. The number of hydrogen-bond donors (Lipinski definition) is 2. The largest absolute Gasteiger partial charge is 0.497 e. The Bertz CT molecular complexity index is 1390. The molecular weight excluding hydrogens is 488 g/mol. The lowest BCUT2D eigenvalue weighted by atomic mass is 9.76. The van der Waals surface area contributed by atoms with Crippen molar-refractivity contribution in [2.45, 2.75) is 18.0 Å². The van der Waals surface area contributed by atoms with Crippen LogP contribution in [0, 0.1) is 11.8 Å². The molecule has 0 aliphatic carbocycles. The molecule has 38 heavy (non-hydrogen) atoms. The Morgan fingerprint density at radius 2 is 1.58 bits per heavy atom. The summed E-state index contributed by atoms with van der Waals surface area (Å²) in [6.45, 7) is 0. The number of fused-ring (bicyclic) bond motifs is 1. The quantitative estimate of drug-likeness (QED) is 0.439. The lowest BCUT2D eigenvalue weighted by molar-refractivity contribution is -0.148. The van der Waals surface area contributed by atoms with E-state index in [4.69, 9.17) is 14.2 Å². The zero-order valence-electron chi connectivity index (χ0n) is 21.2. The van der Waals surface area contributed by atoms with Crippen LogP contribution in [-0.4, -0.2) is 49.8 Å². The zero-order chi connectivity index (χ0) is 27.0. The van der Waals surface area contributed by atoms with E-state index in [9.17, 15) is 19.5 Å². The first-order valence-electron chi connectivity index (χ1n) is 12.1. The van der Waals surface area contributed by atoms with E-state index in [0.29, 0.717) is 22.8 Å². The number of amides is 2. The Labute approximate surface area is 219 Å². The van der Waals surface area contributed by atoms with Gasteiger partial charge in [-0.3, -0.25) is 19.7 Å². The second kappa shape index (κ2) is 9.83. The van der Waals surface area contributed by atoms with Gasteiger partial charge < -0.3 is 19.3 Å². The van der Waals surface area contributed by atoms with Crippen LogP contribution in [0.5, 0.6) is 17.2 Å². The fourth-order valence-electron chi connectivity index (χ4n) is 5.75. The van der Waals surface area contributed by atoms with E-state index < -0.39 is 41.2 Å². The van der Waals surface area contributed by atoms with E-state index in [1.807, 2.05) is 30.3 Å². The van der Waals surface area contributed by atoms with Crippen molar-refractivity contribution in [3.05, 3.63) is 83.9 Å². The highest BCUT2D eigenvalue weighted by Crippen LogP contribution is 2.53. The lowest BCUT2D eigenvalue weighted by Gasteiger charge is -2.31. The average molecular weight is 517 g/mol. The van der Waals surface area contributed by atoms with Gasteiger partial charge >= 0.3 is 5.97 Å². The monoisotopic (exact) mass is 516 g/mol. The fourth-order valence-corrected chi connectivity index (χ4v) is 5.75.